The van der Waals surface area contributed by atoms with Gasteiger partial charge in [0.15, 0.2) is 0 Å². The molecule has 0 saturated heterocycles. The molecule has 10 heavy (non-hydrogen) atoms. The topological polar surface area (TPSA) is 85.2 Å². The molecule has 1 aromatic rings. The Labute approximate surface area is 57.7 Å². The lowest BCUT2D eigenvalue weighted by Gasteiger charge is -1.80. The highest BCUT2D eigenvalue weighted by Crippen LogP contribution is 1.95. The molecule has 7 heteroatoms. The molecule has 0 aliphatic heterocycles. The second kappa shape index (κ2) is 2.97. The van der Waals surface area contributed by atoms with Crippen molar-refractivity contribution in [2.45, 2.75) is 0 Å². The van der Waals surface area contributed by atoms with E-state index in [1.165, 1.54) is 12.7 Å². The molecular formula is C3H2N4O2S. The lowest BCUT2D eigenvalue weighted by atomic mass is 11.0. The van der Waals surface area contributed by atoms with Gasteiger partial charge in [-0.3, -0.25) is 0 Å². The Balaban J connectivity index is 3.10. The molecule has 0 unspecified atom stereocenters. The predicted molar refractivity (Wildman–Crippen MR) is 30.8 cm³/mol. The van der Waals surface area contributed by atoms with E-state index in [9.17, 15) is 8.42 Å². The quantitative estimate of drug-likeness (QED) is 0.553. The standard InChI is InChI=1S/C3H2N4O2S/c8-10(9)7-3-5-1-4-2-6-3/h1-2H. The van der Waals surface area contributed by atoms with Crippen molar-refractivity contribution in [1.29, 1.82) is 0 Å². The second-order valence-electron chi connectivity index (χ2n) is 1.25. The fraction of sp³-hybridized carbons (Fsp3) is 0. The van der Waals surface area contributed by atoms with Gasteiger partial charge >= 0.3 is 10.5 Å². The zero-order valence-electron chi connectivity index (χ0n) is 4.67. The maximum absolute atomic E-state index is 9.90. The first kappa shape index (κ1) is 6.75. The Kier molecular flexibility index (Phi) is 2.00. The van der Waals surface area contributed by atoms with Gasteiger partial charge in [-0.1, -0.05) is 4.36 Å². The van der Waals surface area contributed by atoms with Crippen molar-refractivity contribution in [3.63, 3.8) is 0 Å². The number of rotatable bonds is 1. The van der Waals surface area contributed by atoms with Crippen LogP contribution in [0, 0.1) is 0 Å². The van der Waals surface area contributed by atoms with E-state index in [1.54, 1.807) is 0 Å². The Hall–Kier alpha value is -1.37. The van der Waals surface area contributed by atoms with E-state index in [-0.39, 0.29) is 5.95 Å². The zero-order valence-corrected chi connectivity index (χ0v) is 5.48. The minimum Gasteiger partial charge on any atom is -0.225 e. The largest absolute Gasteiger partial charge is 0.319 e. The first-order valence-corrected chi connectivity index (χ1v) is 3.25. The van der Waals surface area contributed by atoms with Crippen LogP contribution in [0.4, 0.5) is 5.95 Å². The van der Waals surface area contributed by atoms with Crippen LogP contribution < -0.4 is 0 Å². The van der Waals surface area contributed by atoms with Gasteiger partial charge in [-0.2, -0.15) is 18.4 Å². The van der Waals surface area contributed by atoms with Crippen molar-refractivity contribution in [3.05, 3.63) is 12.7 Å². The van der Waals surface area contributed by atoms with Crippen molar-refractivity contribution in [2.75, 3.05) is 0 Å². The molecule has 0 aliphatic carbocycles. The van der Waals surface area contributed by atoms with Crippen LogP contribution in [0.3, 0.4) is 0 Å². The molecular weight excluding hydrogens is 156 g/mol. The highest BCUT2D eigenvalue weighted by molar-refractivity contribution is 7.61. The van der Waals surface area contributed by atoms with Gasteiger partial charge in [0.25, 0.3) is 5.95 Å². The maximum atomic E-state index is 9.90. The molecule has 0 fully saturated rings. The summed E-state index contributed by atoms with van der Waals surface area (Å²) in [6.07, 6.45) is 2.33. The van der Waals surface area contributed by atoms with Gasteiger partial charge in [-0.15, -0.1) is 0 Å². The second-order valence-corrected chi connectivity index (χ2v) is 1.86. The van der Waals surface area contributed by atoms with E-state index >= 15 is 0 Å². The van der Waals surface area contributed by atoms with Crippen LogP contribution in [0.25, 0.3) is 0 Å². The van der Waals surface area contributed by atoms with Crippen molar-refractivity contribution in [3.8, 4) is 0 Å². The van der Waals surface area contributed by atoms with Gasteiger partial charge in [0.2, 0.25) is 0 Å². The summed E-state index contributed by atoms with van der Waals surface area (Å²) in [4.78, 5) is 10.3. The third-order valence-electron chi connectivity index (χ3n) is 0.636. The molecule has 0 spiro atoms. The normalized spacial score (nSPS) is 8.80. The van der Waals surface area contributed by atoms with Crippen molar-refractivity contribution in [2.24, 2.45) is 4.36 Å². The van der Waals surface area contributed by atoms with Gasteiger partial charge in [0.05, 0.1) is 0 Å². The molecule has 0 atom stereocenters. The first-order valence-electron chi connectivity index (χ1n) is 2.22. The molecule has 0 aliphatic rings. The molecule has 6 nitrogen and oxygen atoms in total. The van der Waals surface area contributed by atoms with Crippen molar-refractivity contribution < 1.29 is 8.42 Å². The van der Waals surface area contributed by atoms with Crippen LogP contribution in [0.15, 0.2) is 17.0 Å². The first-order chi connectivity index (χ1) is 4.79. The summed E-state index contributed by atoms with van der Waals surface area (Å²) >= 11 is 0. The monoisotopic (exact) mass is 158 g/mol. The summed E-state index contributed by atoms with van der Waals surface area (Å²) < 4.78 is 22.8. The minimum absolute atomic E-state index is 0.108. The van der Waals surface area contributed by atoms with E-state index in [0.717, 1.165) is 0 Å². The summed E-state index contributed by atoms with van der Waals surface area (Å²) in [5.41, 5.74) is 0. The highest BCUT2D eigenvalue weighted by atomic mass is 32.2. The van der Waals surface area contributed by atoms with Crippen LogP contribution in [0.1, 0.15) is 0 Å². The van der Waals surface area contributed by atoms with Crippen LogP contribution >= 0.6 is 0 Å². The van der Waals surface area contributed by atoms with Crippen molar-refractivity contribution >= 4 is 16.4 Å². The van der Waals surface area contributed by atoms with Crippen LogP contribution in [0.2, 0.25) is 0 Å². The van der Waals surface area contributed by atoms with Crippen molar-refractivity contribution in [1.82, 2.24) is 15.0 Å². The summed E-state index contributed by atoms with van der Waals surface area (Å²) in [6, 6.07) is 0. The molecule has 0 saturated carbocycles. The summed E-state index contributed by atoms with van der Waals surface area (Å²) in [5, 5.41) is 0. The molecule has 0 bridgehead atoms. The fourth-order valence-electron chi connectivity index (χ4n) is 0.347. The third kappa shape index (κ3) is 1.86. The summed E-state index contributed by atoms with van der Waals surface area (Å²) in [6.45, 7) is 0. The van der Waals surface area contributed by atoms with E-state index in [4.69, 9.17) is 0 Å². The Morgan fingerprint density at radius 1 is 1.30 bits per heavy atom. The summed E-state index contributed by atoms with van der Waals surface area (Å²) in [7, 11) is -2.49. The van der Waals surface area contributed by atoms with Gasteiger partial charge < -0.3 is 0 Å². The van der Waals surface area contributed by atoms with Gasteiger partial charge in [0.1, 0.15) is 12.7 Å². The average Bonchev–Trinajstić information content (AvgIpc) is 1.88. The molecule has 0 N–H and O–H groups in total. The summed E-state index contributed by atoms with van der Waals surface area (Å²) in [5.74, 6) is -0.108. The van der Waals surface area contributed by atoms with Gasteiger partial charge in [-0.25, -0.2) is 4.98 Å². The van der Waals surface area contributed by atoms with Crippen LogP contribution in [-0.4, -0.2) is 23.4 Å². The minimum atomic E-state index is -2.49. The molecule has 52 valence electrons. The number of hydrogen-bond donors (Lipinski definition) is 0. The highest BCUT2D eigenvalue weighted by Gasteiger charge is 1.87. The van der Waals surface area contributed by atoms with E-state index in [1.807, 2.05) is 0 Å². The van der Waals surface area contributed by atoms with E-state index < -0.39 is 10.5 Å². The molecule has 0 amide bonds. The van der Waals surface area contributed by atoms with Crippen LogP contribution in [-0.2, 0) is 10.5 Å². The predicted octanol–water partition coefficient (Wildman–Crippen LogP) is -0.434. The zero-order chi connectivity index (χ0) is 7.40. The fourth-order valence-corrected chi connectivity index (χ4v) is 0.575. The lowest BCUT2D eigenvalue weighted by molar-refractivity contribution is 0.622. The van der Waals surface area contributed by atoms with Gasteiger partial charge in [-0.05, 0) is 0 Å². The Morgan fingerprint density at radius 3 is 2.40 bits per heavy atom. The average molecular weight is 158 g/mol. The SMILES string of the molecule is O=S(=O)=Nc1ncncn1. The van der Waals surface area contributed by atoms with Crippen LogP contribution in [0.5, 0.6) is 0 Å². The molecule has 1 heterocycles. The number of aromatic nitrogens is 3. The lowest BCUT2D eigenvalue weighted by Crippen LogP contribution is -1.79. The number of nitrogens with zero attached hydrogens (tertiary/aromatic N) is 4. The third-order valence-corrected chi connectivity index (χ3v) is 0.948. The molecule has 0 radical (unpaired) electrons. The van der Waals surface area contributed by atoms with Gasteiger partial charge in [0, 0.05) is 0 Å². The van der Waals surface area contributed by atoms with E-state index in [0.29, 0.717) is 0 Å². The maximum Gasteiger partial charge on any atom is 0.319 e. The smallest absolute Gasteiger partial charge is 0.225 e. The Bertz CT molecular complexity index is 323. The number of hydrogen-bond acceptors (Lipinski definition) is 6. The van der Waals surface area contributed by atoms with E-state index in [2.05, 4.69) is 19.3 Å². The Morgan fingerprint density at radius 2 is 1.90 bits per heavy atom. The molecule has 0 aromatic carbocycles. The molecule has 1 aromatic heterocycles. The molecule has 1 rings (SSSR count).